The lowest BCUT2D eigenvalue weighted by molar-refractivity contribution is 0.0955. The van der Waals surface area contributed by atoms with Gasteiger partial charge < -0.3 is 9.84 Å². The number of phenols is 1. The summed E-state index contributed by atoms with van der Waals surface area (Å²) in [6.07, 6.45) is 1.48. The lowest BCUT2D eigenvalue weighted by Gasteiger charge is -2.06. The van der Waals surface area contributed by atoms with Gasteiger partial charge in [0, 0.05) is 10.0 Å². The molecule has 22 heavy (non-hydrogen) atoms. The number of hydrogen-bond donors (Lipinski definition) is 2. The first-order valence-electron chi connectivity index (χ1n) is 6.65. The lowest BCUT2D eigenvalue weighted by Crippen LogP contribution is -2.17. The molecule has 0 aliphatic heterocycles. The summed E-state index contributed by atoms with van der Waals surface area (Å²) < 4.78 is 6.11. The van der Waals surface area contributed by atoms with Crippen LogP contribution in [-0.2, 0) is 0 Å². The van der Waals surface area contributed by atoms with Crippen LogP contribution in [0.3, 0.4) is 0 Å². The molecule has 114 valence electrons. The number of carbonyl (C=O) groups is 1. The average molecular weight is 363 g/mol. The fourth-order valence-corrected chi connectivity index (χ4v) is 2.14. The van der Waals surface area contributed by atoms with E-state index in [9.17, 15) is 9.90 Å². The SMILES string of the molecule is CCOc1cc(/C=N/NC(=O)c2cccc(Br)c2)ccc1O. The number of benzene rings is 2. The highest BCUT2D eigenvalue weighted by atomic mass is 79.9. The molecule has 0 bridgehead atoms. The predicted octanol–water partition coefficient (Wildman–Crippen LogP) is 3.32. The van der Waals surface area contributed by atoms with Crippen LogP contribution in [0.4, 0.5) is 0 Å². The molecule has 1 amide bonds. The number of halogens is 1. The Balaban J connectivity index is 2.03. The number of aromatic hydroxyl groups is 1. The number of phenolic OH excluding ortho intramolecular Hbond substituents is 1. The van der Waals surface area contributed by atoms with Crippen LogP contribution < -0.4 is 10.2 Å². The second-order valence-corrected chi connectivity index (χ2v) is 5.29. The van der Waals surface area contributed by atoms with E-state index in [1.165, 1.54) is 12.3 Å². The average Bonchev–Trinajstić information content (AvgIpc) is 2.50. The molecular formula is C16H15BrN2O3. The van der Waals surface area contributed by atoms with Crippen molar-refractivity contribution in [2.24, 2.45) is 5.10 Å². The van der Waals surface area contributed by atoms with Crippen LogP contribution in [-0.4, -0.2) is 23.8 Å². The number of hydrogen-bond acceptors (Lipinski definition) is 4. The molecule has 0 atom stereocenters. The van der Waals surface area contributed by atoms with Gasteiger partial charge in [0.2, 0.25) is 0 Å². The molecule has 5 nitrogen and oxygen atoms in total. The van der Waals surface area contributed by atoms with Gasteiger partial charge >= 0.3 is 0 Å². The molecule has 0 aromatic heterocycles. The Kier molecular flexibility index (Phi) is 5.55. The van der Waals surface area contributed by atoms with E-state index in [2.05, 4.69) is 26.5 Å². The van der Waals surface area contributed by atoms with Gasteiger partial charge in [0.25, 0.3) is 5.91 Å². The Labute approximate surface area is 136 Å². The summed E-state index contributed by atoms with van der Waals surface area (Å²) in [4.78, 5) is 11.9. The predicted molar refractivity (Wildman–Crippen MR) is 88.5 cm³/mol. The monoisotopic (exact) mass is 362 g/mol. The topological polar surface area (TPSA) is 70.9 Å². The lowest BCUT2D eigenvalue weighted by atomic mass is 10.2. The number of amides is 1. The standard InChI is InChI=1S/C16H15BrN2O3/c1-2-22-15-8-11(6-7-14(15)20)10-18-19-16(21)12-4-3-5-13(17)9-12/h3-10,20H,2H2,1H3,(H,19,21)/b18-10+. The summed E-state index contributed by atoms with van der Waals surface area (Å²) >= 11 is 3.31. The summed E-state index contributed by atoms with van der Waals surface area (Å²) in [7, 11) is 0. The Morgan fingerprint density at radius 3 is 2.91 bits per heavy atom. The third-order valence-electron chi connectivity index (χ3n) is 2.75. The van der Waals surface area contributed by atoms with Gasteiger partial charge in [-0.05, 0) is 48.9 Å². The zero-order valence-corrected chi connectivity index (χ0v) is 13.5. The molecule has 0 saturated carbocycles. The second-order valence-electron chi connectivity index (χ2n) is 4.37. The maximum atomic E-state index is 11.9. The van der Waals surface area contributed by atoms with E-state index in [1.807, 2.05) is 13.0 Å². The Hall–Kier alpha value is -2.34. The van der Waals surface area contributed by atoms with E-state index >= 15 is 0 Å². The number of nitrogens with one attached hydrogen (secondary N) is 1. The van der Waals surface area contributed by atoms with Gasteiger partial charge in [-0.15, -0.1) is 0 Å². The van der Waals surface area contributed by atoms with Crippen molar-refractivity contribution < 1.29 is 14.6 Å². The normalized spacial score (nSPS) is 10.6. The molecule has 2 N–H and O–H groups in total. The van der Waals surface area contributed by atoms with Gasteiger partial charge in [-0.25, -0.2) is 5.43 Å². The van der Waals surface area contributed by atoms with Crippen LogP contribution in [0.5, 0.6) is 11.5 Å². The second kappa shape index (κ2) is 7.61. The zero-order chi connectivity index (χ0) is 15.9. The van der Waals surface area contributed by atoms with Crippen LogP contribution in [0.1, 0.15) is 22.8 Å². The Morgan fingerprint density at radius 2 is 2.18 bits per heavy atom. The summed E-state index contributed by atoms with van der Waals surface area (Å²) in [5.74, 6) is 0.142. The number of rotatable bonds is 5. The van der Waals surface area contributed by atoms with Gasteiger partial charge in [-0.2, -0.15) is 5.10 Å². The van der Waals surface area contributed by atoms with Crippen molar-refractivity contribution in [3.05, 3.63) is 58.1 Å². The third kappa shape index (κ3) is 4.33. The molecule has 0 aliphatic carbocycles. The smallest absolute Gasteiger partial charge is 0.271 e. The zero-order valence-electron chi connectivity index (χ0n) is 11.9. The summed E-state index contributed by atoms with van der Waals surface area (Å²) in [6, 6.07) is 11.9. The number of nitrogens with zero attached hydrogens (tertiary/aromatic N) is 1. The molecule has 0 aliphatic rings. The first kappa shape index (κ1) is 16.0. The van der Waals surface area contributed by atoms with Crippen molar-refractivity contribution >= 4 is 28.1 Å². The molecular weight excluding hydrogens is 348 g/mol. The van der Waals surface area contributed by atoms with E-state index in [-0.39, 0.29) is 11.7 Å². The van der Waals surface area contributed by atoms with Gasteiger partial charge in [-0.3, -0.25) is 4.79 Å². The molecule has 0 heterocycles. The van der Waals surface area contributed by atoms with Crippen molar-refractivity contribution in [2.45, 2.75) is 6.92 Å². The van der Waals surface area contributed by atoms with E-state index in [0.29, 0.717) is 23.5 Å². The number of carbonyl (C=O) groups excluding carboxylic acids is 1. The Bertz CT molecular complexity index is 702. The van der Waals surface area contributed by atoms with Gasteiger partial charge in [-0.1, -0.05) is 22.0 Å². The fourth-order valence-electron chi connectivity index (χ4n) is 1.74. The van der Waals surface area contributed by atoms with Crippen molar-refractivity contribution in [1.29, 1.82) is 0 Å². The summed E-state index contributed by atoms with van der Waals surface area (Å²) in [5, 5.41) is 13.5. The van der Waals surface area contributed by atoms with Gasteiger partial charge in [0.1, 0.15) is 0 Å². The maximum absolute atomic E-state index is 11.9. The minimum atomic E-state index is -0.304. The highest BCUT2D eigenvalue weighted by Gasteiger charge is 2.04. The van der Waals surface area contributed by atoms with Gasteiger partial charge in [0.15, 0.2) is 11.5 Å². The van der Waals surface area contributed by atoms with Crippen LogP contribution in [0.15, 0.2) is 52.0 Å². The molecule has 0 unspecified atom stereocenters. The molecule has 0 fully saturated rings. The highest BCUT2D eigenvalue weighted by Crippen LogP contribution is 2.26. The number of hydrazone groups is 1. The van der Waals surface area contributed by atoms with E-state index in [4.69, 9.17) is 4.74 Å². The molecule has 0 radical (unpaired) electrons. The summed E-state index contributed by atoms with van der Waals surface area (Å²) in [6.45, 7) is 2.28. The highest BCUT2D eigenvalue weighted by molar-refractivity contribution is 9.10. The number of ether oxygens (including phenoxy) is 1. The molecule has 2 aromatic carbocycles. The molecule has 2 rings (SSSR count). The van der Waals surface area contributed by atoms with Gasteiger partial charge in [0.05, 0.1) is 12.8 Å². The summed E-state index contributed by atoms with van der Waals surface area (Å²) in [5.41, 5.74) is 3.66. The van der Waals surface area contributed by atoms with Crippen LogP contribution >= 0.6 is 15.9 Å². The van der Waals surface area contributed by atoms with E-state index < -0.39 is 0 Å². The molecule has 2 aromatic rings. The molecule has 0 saturated heterocycles. The Morgan fingerprint density at radius 1 is 1.36 bits per heavy atom. The maximum Gasteiger partial charge on any atom is 0.271 e. The van der Waals surface area contributed by atoms with Crippen molar-refractivity contribution in [2.75, 3.05) is 6.61 Å². The minimum Gasteiger partial charge on any atom is -0.504 e. The first-order valence-corrected chi connectivity index (χ1v) is 7.44. The molecule has 6 heteroatoms. The first-order chi connectivity index (χ1) is 10.6. The third-order valence-corrected chi connectivity index (χ3v) is 3.24. The van der Waals surface area contributed by atoms with Crippen molar-refractivity contribution in [3.8, 4) is 11.5 Å². The minimum absolute atomic E-state index is 0.0668. The quantitative estimate of drug-likeness (QED) is 0.633. The van der Waals surface area contributed by atoms with E-state index in [1.54, 1.807) is 30.3 Å². The van der Waals surface area contributed by atoms with Crippen LogP contribution in [0.2, 0.25) is 0 Å². The fraction of sp³-hybridized carbons (Fsp3) is 0.125. The largest absolute Gasteiger partial charge is 0.504 e. The van der Waals surface area contributed by atoms with Crippen molar-refractivity contribution in [3.63, 3.8) is 0 Å². The molecule has 0 spiro atoms. The van der Waals surface area contributed by atoms with E-state index in [0.717, 1.165) is 4.47 Å². The van der Waals surface area contributed by atoms with Crippen molar-refractivity contribution in [1.82, 2.24) is 5.43 Å². The van der Waals surface area contributed by atoms with Crippen LogP contribution in [0, 0.1) is 0 Å². The van der Waals surface area contributed by atoms with Crippen LogP contribution in [0.25, 0.3) is 0 Å².